The van der Waals surface area contributed by atoms with Gasteiger partial charge in [0.15, 0.2) is 0 Å². The van der Waals surface area contributed by atoms with Crippen LogP contribution in [-0.4, -0.2) is 35.8 Å². The number of nitrogens with one attached hydrogen (secondary N) is 2. The van der Waals surface area contributed by atoms with Gasteiger partial charge in [0, 0.05) is 41.3 Å². The number of hydrogen-bond donors (Lipinski definition) is 3. The molecule has 0 spiro atoms. The smallest absolute Gasteiger partial charge is 0.257 e. The van der Waals surface area contributed by atoms with Gasteiger partial charge in [-0.2, -0.15) is 0 Å². The number of aromatic nitrogens is 1. The summed E-state index contributed by atoms with van der Waals surface area (Å²) in [7, 11) is 0. The second-order valence-corrected chi connectivity index (χ2v) is 6.74. The van der Waals surface area contributed by atoms with Crippen molar-refractivity contribution in [3.05, 3.63) is 72.1 Å². The van der Waals surface area contributed by atoms with Crippen molar-refractivity contribution in [3.63, 3.8) is 0 Å². The summed E-state index contributed by atoms with van der Waals surface area (Å²) in [5.74, 6) is -0.134. The fourth-order valence-corrected chi connectivity index (χ4v) is 3.36. The summed E-state index contributed by atoms with van der Waals surface area (Å²) in [5, 5.41) is 16.2. The van der Waals surface area contributed by atoms with E-state index in [4.69, 9.17) is 5.11 Å². The molecule has 4 rings (SSSR count). The number of pyridine rings is 1. The molecule has 0 unspecified atom stereocenters. The first-order valence-corrected chi connectivity index (χ1v) is 9.23. The van der Waals surface area contributed by atoms with Gasteiger partial charge in [-0.3, -0.25) is 15.1 Å². The number of aryl methyl sites for hydroxylation is 1. The van der Waals surface area contributed by atoms with E-state index >= 15 is 0 Å². The van der Waals surface area contributed by atoms with Gasteiger partial charge in [-0.15, -0.1) is 0 Å². The number of hydrogen-bond acceptors (Lipinski definition) is 5. The highest BCUT2D eigenvalue weighted by molar-refractivity contribution is 6.34. The largest absolute Gasteiger partial charge is 0.395 e. The Hall–Kier alpha value is -3.22. The predicted octanol–water partition coefficient (Wildman–Crippen LogP) is 2.88. The number of nitrogens with zero attached hydrogens (tertiary/aromatic N) is 2. The van der Waals surface area contributed by atoms with E-state index in [1.165, 1.54) is 5.56 Å². The molecule has 0 saturated carbocycles. The van der Waals surface area contributed by atoms with Crippen molar-refractivity contribution in [2.24, 2.45) is 0 Å². The number of aliphatic hydroxyl groups excluding tert-OH is 1. The Kier molecular flexibility index (Phi) is 5.06. The Balaban J connectivity index is 1.79. The quantitative estimate of drug-likeness (QED) is 0.351. The van der Waals surface area contributed by atoms with Crippen molar-refractivity contribution in [3.8, 4) is 0 Å². The number of carbonyl (C=O) groups excluding carboxylic acids is 1. The molecule has 0 atom stereocenters. The number of anilines is 2. The highest BCUT2D eigenvalue weighted by atomic mass is 16.3. The molecule has 0 saturated heterocycles. The van der Waals surface area contributed by atoms with Crippen LogP contribution in [0.2, 0.25) is 0 Å². The van der Waals surface area contributed by atoms with Crippen molar-refractivity contribution in [2.45, 2.75) is 6.92 Å². The second-order valence-electron chi connectivity index (χ2n) is 6.74. The average Bonchev–Trinajstić information content (AvgIpc) is 3.03. The second kappa shape index (κ2) is 7.80. The minimum atomic E-state index is -0.134. The van der Waals surface area contributed by atoms with Crippen LogP contribution in [0.1, 0.15) is 11.1 Å². The number of amides is 1. The molecule has 0 radical (unpaired) electrons. The van der Waals surface area contributed by atoms with Crippen LogP contribution in [0.4, 0.5) is 11.4 Å². The van der Waals surface area contributed by atoms with Crippen molar-refractivity contribution >= 4 is 33.8 Å². The molecule has 1 aliphatic rings. The zero-order chi connectivity index (χ0) is 19.5. The van der Waals surface area contributed by atoms with Crippen molar-refractivity contribution in [1.29, 1.82) is 0 Å². The summed E-state index contributed by atoms with van der Waals surface area (Å²) in [5.41, 5.74) is 5.24. The van der Waals surface area contributed by atoms with Crippen molar-refractivity contribution < 1.29 is 9.90 Å². The normalized spacial score (nSPS) is 14.4. The number of fused-ring (bicyclic) bond motifs is 3. The van der Waals surface area contributed by atoms with Crippen LogP contribution in [0.25, 0.3) is 16.5 Å². The van der Waals surface area contributed by atoms with Crippen molar-refractivity contribution in [2.75, 3.05) is 30.0 Å². The molecule has 0 bridgehead atoms. The number of benzene rings is 2. The zero-order valence-electron chi connectivity index (χ0n) is 15.6. The monoisotopic (exact) mass is 374 g/mol. The number of aliphatic hydroxyl groups is 1. The third-order valence-electron chi connectivity index (χ3n) is 4.77. The maximum absolute atomic E-state index is 12.7. The Morgan fingerprint density at radius 2 is 2.00 bits per heavy atom. The van der Waals surface area contributed by atoms with Gasteiger partial charge in [-0.05, 0) is 37.3 Å². The summed E-state index contributed by atoms with van der Waals surface area (Å²) in [6.07, 6.45) is 3.61. The van der Waals surface area contributed by atoms with Crippen LogP contribution >= 0.6 is 0 Å². The first kappa shape index (κ1) is 18.2. The fraction of sp³-hybridized carbons (Fsp3) is 0.182. The third kappa shape index (κ3) is 3.47. The van der Waals surface area contributed by atoms with Gasteiger partial charge in [0.1, 0.15) is 0 Å². The molecule has 2 heterocycles. The average molecular weight is 374 g/mol. The standard InChI is InChI=1S/C22H22N4O2/c1-15-4-6-16(7-5-15)26(14-23-11-12-27)13-18-21-17-3-2-10-24-19(17)8-9-20(21)25-22(18)28/h2-10,13,23,27H,11-12,14H2,1H3,(H,25,28). The Bertz CT molecular complexity index is 1040. The first-order valence-electron chi connectivity index (χ1n) is 9.23. The predicted molar refractivity (Wildman–Crippen MR) is 112 cm³/mol. The molecule has 1 amide bonds. The van der Waals surface area contributed by atoms with E-state index in [1.807, 2.05) is 66.6 Å². The Morgan fingerprint density at radius 3 is 2.79 bits per heavy atom. The highest BCUT2D eigenvalue weighted by Crippen LogP contribution is 2.37. The number of carbonyl (C=O) groups is 1. The van der Waals surface area contributed by atoms with Crippen LogP contribution in [0.3, 0.4) is 0 Å². The van der Waals surface area contributed by atoms with Gasteiger partial charge in [0.25, 0.3) is 5.91 Å². The Morgan fingerprint density at radius 1 is 1.18 bits per heavy atom. The van der Waals surface area contributed by atoms with Crippen LogP contribution < -0.4 is 15.5 Å². The van der Waals surface area contributed by atoms with E-state index < -0.39 is 0 Å². The van der Waals surface area contributed by atoms with Gasteiger partial charge in [0.2, 0.25) is 0 Å². The highest BCUT2D eigenvalue weighted by Gasteiger charge is 2.27. The molecule has 28 heavy (non-hydrogen) atoms. The molecule has 0 fully saturated rings. The summed E-state index contributed by atoms with van der Waals surface area (Å²) >= 11 is 0. The van der Waals surface area contributed by atoms with Crippen molar-refractivity contribution in [1.82, 2.24) is 10.3 Å². The maximum Gasteiger partial charge on any atom is 0.257 e. The van der Waals surface area contributed by atoms with Gasteiger partial charge in [0.05, 0.1) is 24.4 Å². The van der Waals surface area contributed by atoms with Gasteiger partial charge >= 0.3 is 0 Å². The molecule has 6 heteroatoms. The molecule has 3 N–H and O–H groups in total. The molecule has 3 aromatic rings. The van der Waals surface area contributed by atoms with Gasteiger partial charge < -0.3 is 15.3 Å². The summed E-state index contributed by atoms with van der Waals surface area (Å²) in [4.78, 5) is 19.1. The van der Waals surface area contributed by atoms with E-state index in [0.29, 0.717) is 18.8 Å². The molecule has 6 nitrogen and oxygen atoms in total. The van der Waals surface area contributed by atoms with E-state index in [1.54, 1.807) is 6.20 Å². The van der Waals surface area contributed by atoms with Crippen LogP contribution in [0.15, 0.2) is 60.9 Å². The molecule has 2 aromatic carbocycles. The first-order chi connectivity index (χ1) is 13.7. The molecule has 1 aromatic heterocycles. The topological polar surface area (TPSA) is 77.5 Å². The fourth-order valence-electron chi connectivity index (χ4n) is 3.36. The van der Waals surface area contributed by atoms with E-state index in [2.05, 4.69) is 15.6 Å². The lowest BCUT2D eigenvalue weighted by Crippen LogP contribution is -2.32. The lowest BCUT2D eigenvalue weighted by Gasteiger charge is -2.22. The summed E-state index contributed by atoms with van der Waals surface area (Å²) in [6.45, 7) is 3.04. The SMILES string of the molecule is Cc1ccc(N(C=C2C(=O)Nc3ccc4ncccc4c32)CNCCO)cc1. The summed E-state index contributed by atoms with van der Waals surface area (Å²) < 4.78 is 0. The molecular weight excluding hydrogens is 352 g/mol. The van der Waals surface area contributed by atoms with E-state index in [-0.39, 0.29) is 12.5 Å². The minimum absolute atomic E-state index is 0.0535. The maximum atomic E-state index is 12.7. The van der Waals surface area contributed by atoms with Gasteiger partial charge in [-0.1, -0.05) is 23.8 Å². The van der Waals surface area contributed by atoms with E-state index in [0.717, 1.165) is 27.8 Å². The molecular formula is C22H22N4O2. The molecule has 1 aliphatic heterocycles. The van der Waals surface area contributed by atoms with Gasteiger partial charge in [-0.25, -0.2) is 0 Å². The lowest BCUT2D eigenvalue weighted by molar-refractivity contribution is -0.110. The van der Waals surface area contributed by atoms with Crippen LogP contribution in [0.5, 0.6) is 0 Å². The minimum Gasteiger partial charge on any atom is -0.395 e. The Labute approximate surface area is 163 Å². The lowest BCUT2D eigenvalue weighted by atomic mass is 10.0. The third-order valence-corrected chi connectivity index (χ3v) is 4.77. The zero-order valence-corrected chi connectivity index (χ0v) is 15.6. The van der Waals surface area contributed by atoms with Crippen LogP contribution in [0, 0.1) is 6.92 Å². The van der Waals surface area contributed by atoms with E-state index in [9.17, 15) is 4.79 Å². The number of rotatable bonds is 6. The summed E-state index contributed by atoms with van der Waals surface area (Å²) in [6, 6.07) is 15.8. The molecule has 0 aliphatic carbocycles. The molecule has 142 valence electrons. The van der Waals surface area contributed by atoms with Crippen LogP contribution in [-0.2, 0) is 4.79 Å².